The molecule has 0 radical (unpaired) electrons. The van der Waals surface area contributed by atoms with Crippen LogP contribution in [0.1, 0.15) is 15.9 Å². The highest BCUT2D eigenvalue weighted by Gasteiger charge is 2.22. The van der Waals surface area contributed by atoms with E-state index in [0.29, 0.717) is 5.13 Å². The van der Waals surface area contributed by atoms with Crippen molar-refractivity contribution in [1.82, 2.24) is 4.98 Å². The fraction of sp³-hybridized carbons (Fsp3) is 0. The van der Waals surface area contributed by atoms with Gasteiger partial charge >= 0.3 is 0 Å². The van der Waals surface area contributed by atoms with Crippen molar-refractivity contribution in [2.45, 2.75) is 0 Å². The van der Waals surface area contributed by atoms with Gasteiger partial charge in [-0.3, -0.25) is 14.9 Å². The van der Waals surface area contributed by atoms with E-state index < -0.39 is 10.8 Å². The van der Waals surface area contributed by atoms with Crippen LogP contribution in [-0.2, 0) is 0 Å². The van der Waals surface area contributed by atoms with Gasteiger partial charge in [-0.2, -0.15) is 10.1 Å². The summed E-state index contributed by atoms with van der Waals surface area (Å²) >= 11 is 4.74. The molecule has 0 bridgehead atoms. The van der Waals surface area contributed by atoms with Crippen molar-refractivity contribution in [3.05, 3.63) is 98.5 Å². The second kappa shape index (κ2) is 8.52. The summed E-state index contributed by atoms with van der Waals surface area (Å²) in [6.07, 6.45) is 1.55. The molecule has 0 spiro atoms. The Morgan fingerprint density at radius 2 is 1.90 bits per heavy atom. The number of nitro benzene ring substituents is 1. The van der Waals surface area contributed by atoms with Gasteiger partial charge in [0.25, 0.3) is 11.6 Å². The van der Waals surface area contributed by atoms with Gasteiger partial charge in [0.2, 0.25) is 5.13 Å². The maximum atomic E-state index is 13.2. The summed E-state index contributed by atoms with van der Waals surface area (Å²) in [4.78, 5) is 28.3. The Hall–Kier alpha value is -3.43. The number of non-ortho nitro benzene ring substituents is 1. The number of hydrazone groups is 1. The predicted octanol–water partition coefficient (Wildman–Crippen LogP) is 5.65. The Labute approximate surface area is 183 Å². The van der Waals surface area contributed by atoms with Crippen molar-refractivity contribution < 1.29 is 9.72 Å². The van der Waals surface area contributed by atoms with Gasteiger partial charge in [0.15, 0.2) is 0 Å². The molecule has 0 saturated heterocycles. The molecule has 0 unspecified atom stereocenters. The van der Waals surface area contributed by atoms with E-state index in [1.54, 1.807) is 6.21 Å². The highest BCUT2D eigenvalue weighted by Crippen LogP contribution is 2.32. The molecule has 1 heterocycles. The van der Waals surface area contributed by atoms with Crippen LogP contribution in [0.25, 0.3) is 10.2 Å². The van der Waals surface area contributed by atoms with Gasteiger partial charge in [0, 0.05) is 22.2 Å². The van der Waals surface area contributed by atoms with Crippen molar-refractivity contribution in [3.63, 3.8) is 0 Å². The third kappa shape index (κ3) is 4.27. The van der Waals surface area contributed by atoms with Crippen LogP contribution in [0.5, 0.6) is 0 Å². The highest BCUT2D eigenvalue weighted by molar-refractivity contribution is 9.10. The molecular formula is C21H13BrN4O3S. The highest BCUT2D eigenvalue weighted by atomic mass is 79.9. The lowest BCUT2D eigenvalue weighted by Crippen LogP contribution is -2.25. The molecule has 9 heteroatoms. The Bertz CT molecular complexity index is 1270. The maximum absolute atomic E-state index is 13.2. The molecule has 0 N–H and O–H groups in total. The van der Waals surface area contributed by atoms with E-state index in [9.17, 15) is 14.9 Å². The molecule has 0 saturated carbocycles. The number of amides is 1. The van der Waals surface area contributed by atoms with Crippen LogP contribution in [0, 0.1) is 10.1 Å². The van der Waals surface area contributed by atoms with Gasteiger partial charge in [-0.25, -0.2) is 4.98 Å². The maximum Gasteiger partial charge on any atom is 0.281 e. The first kappa shape index (κ1) is 19.9. The number of anilines is 1. The van der Waals surface area contributed by atoms with Crippen molar-refractivity contribution >= 4 is 60.4 Å². The number of hydrogen-bond acceptors (Lipinski definition) is 6. The second-order valence-electron chi connectivity index (χ2n) is 6.19. The molecule has 1 amide bonds. The average Bonchev–Trinajstić information content (AvgIpc) is 3.17. The lowest BCUT2D eigenvalue weighted by atomic mass is 10.2. The fourth-order valence-corrected chi connectivity index (χ4v) is 4.18. The van der Waals surface area contributed by atoms with Crippen LogP contribution in [0.2, 0.25) is 0 Å². The quantitative estimate of drug-likeness (QED) is 0.209. The summed E-state index contributed by atoms with van der Waals surface area (Å²) < 4.78 is 1.78. The van der Waals surface area contributed by atoms with Gasteiger partial charge in [0.05, 0.1) is 21.4 Å². The van der Waals surface area contributed by atoms with Gasteiger partial charge < -0.3 is 0 Å². The smallest absolute Gasteiger partial charge is 0.267 e. The first-order chi connectivity index (χ1) is 14.5. The minimum Gasteiger partial charge on any atom is -0.267 e. The second-order valence-corrected chi connectivity index (χ2v) is 8.11. The van der Waals surface area contributed by atoms with E-state index in [4.69, 9.17) is 0 Å². The number of aromatic nitrogens is 1. The van der Waals surface area contributed by atoms with Crippen LogP contribution < -0.4 is 5.01 Å². The van der Waals surface area contributed by atoms with E-state index in [2.05, 4.69) is 26.0 Å². The Morgan fingerprint density at radius 3 is 2.67 bits per heavy atom. The summed E-state index contributed by atoms with van der Waals surface area (Å²) in [5.41, 5.74) is 1.51. The summed E-state index contributed by atoms with van der Waals surface area (Å²) in [6, 6.07) is 20.5. The molecule has 7 nitrogen and oxygen atoms in total. The minimum atomic E-state index is -0.538. The SMILES string of the molecule is O=C(c1cccc([N+](=O)[O-])c1)N(/N=C/c1ccccc1)c1nc2ccc(Br)cc2s1. The molecule has 30 heavy (non-hydrogen) atoms. The summed E-state index contributed by atoms with van der Waals surface area (Å²) in [7, 11) is 0. The molecule has 0 atom stereocenters. The van der Waals surface area contributed by atoms with E-state index in [-0.39, 0.29) is 11.3 Å². The van der Waals surface area contributed by atoms with Crippen LogP contribution >= 0.6 is 27.3 Å². The first-order valence-corrected chi connectivity index (χ1v) is 10.4. The Morgan fingerprint density at radius 1 is 1.10 bits per heavy atom. The zero-order valence-corrected chi connectivity index (χ0v) is 17.7. The van der Waals surface area contributed by atoms with Gasteiger partial charge in [0.1, 0.15) is 0 Å². The van der Waals surface area contributed by atoms with Crippen molar-refractivity contribution in [2.24, 2.45) is 5.10 Å². The van der Waals surface area contributed by atoms with E-state index >= 15 is 0 Å². The summed E-state index contributed by atoms with van der Waals surface area (Å²) in [6.45, 7) is 0. The predicted molar refractivity (Wildman–Crippen MR) is 121 cm³/mol. The number of rotatable bonds is 5. The molecule has 148 valence electrons. The van der Waals surface area contributed by atoms with Crippen molar-refractivity contribution in [2.75, 3.05) is 5.01 Å². The largest absolute Gasteiger partial charge is 0.281 e. The van der Waals surface area contributed by atoms with Gasteiger partial charge in [-0.15, -0.1) is 0 Å². The summed E-state index contributed by atoms with van der Waals surface area (Å²) in [5.74, 6) is -0.510. The number of carbonyl (C=O) groups excluding carboxylic acids is 1. The molecule has 4 rings (SSSR count). The molecule has 0 aliphatic carbocycles. The fourth-order valence-electron chi connectivity index (χ4n) is 2.70. The topological polar surface area (TPSA) is 88.7 Å². The van der Waals surface area contributed by atoms with E-state index in [0.717, 1.165) is 20.3 Å². The minimum absolute atomic E-state index is 0.148. The number of thiazole rings is 1. The first-order valence-electron chi connectivity index (χ1n) is 8.75. The van der Waals surface area contributed by atoms with Crippen molar-refractivity contribution in [3.8, 4) is 0 Å². The number of fused-ring (bicyclic) bond motifs is 1. The Balaban J connectivity index is 1.78. The number of benzene rings is 3. The van der Waals surface area contributed by atoms with Crippen molar-refractivity contribution in [1.29, 1.82) is 0 Å². The lowest BCUT2D eigenvalue weighted by Gasteiger charge is -2.13. The molecule has 1 aromatic heterocycles. The molecule has 0 aliphatic heterocycles. The third-order valence-corrected chi connectivity index (χ3v) is 5.63. The number of nitro groups is 1. The van der Waals surface area contributed by atoms with Crippen LogP contribution in [0.3, 0.4) is 0 Å². The molecule has 4 aromatic rings. The van der Waals surface area contributed by atoms with Crippen LogP contribution in [0.4, 0.5) is 10.8 Å². The van der Waals surface area contributed by atoms with E-state index in [1.807, 2.05) is 48.5 Å². The molecular weight excluding hydrogens is 468 g/mol. The monoisotopic (exact) mass is 480 g/mol. The number of halogens is 1. The average molecular weight is 481 g/mol. The van der Waals surface area contributed by atoms with Gasteiger partial charge in [-0.1, -0.05) is 63.7 Å². The van der Waals surface area contributed by atoms with Crippen LogP contribution in [0.15, 0.2) is 82.4 Å². The summed E-state index contributed by atoms with van der Waals surface area (Å²) in [5, 5.41) is 17.0. The van der Waals surface area contributed by atoms with E-state index in [1.165, 1.54) is 40.6 Å². The normalized spacial score (nSPS) is 11.1. The number of nitrogens with zero attached hydrogens (tertiary/aromatic N) is 4. The number of carbonyl (C=O) groups is 1. The molecule has 0 fully saturated rings. The zero-order chi connectivity index (χ0) is 21.1. The number of hydrogen-bond donors (Lipinski definition) is 0. The molecule has 0 aliphatic rings. The lowest BCUT2D eigenvalue weighted by molar-refractivity contribution is -0.384. The van der Waals surface area contributed by atoms with Gasteiger partial charge in [-0.05, 0) is 29.8 Å². The standard InChI is InChI=1S/C21H13BrN4O3S/c22-16-9-10-18-19(12-16)30-21(24-18)25(23-13-14-5-2-1-3-6-14)20(27)15-7-4-8-17(11-15)26(28)29/h1-13H/b23-13+. The molecule has 3 aromatic carbocycles. The van der Waals surface area contributed by atoms with Crippen LogP contribution in [-0.4, -0.2) is 22.0 Å². The third-order valence-electron chi connectivity index (χ3n) is 4.14. The zero-order valence-electron chi connectivity index (χ0n) is 15.3. The Kier molecular flexibility index (Phi) is 5.64.